The van der Waals surface area contributed by atoms with Crippen LogP contribution in [0.2, 0.25) is 0 Å². The lowest BCUT2D eigenvalue weighted by Crippen LogP contribution is -2.19. The van der Waals surface area contributed by atoms with Gasteiger partial charge in [0, 0.05) is 18.0 Å². The van der Waals surface area contributed by atoms with E-state index in [2.05, 4.69) is 13.0 Å². The van der Waals surface area contributed by atoms with Crippen LogP contribution in [0.15, 0.2) is 41.3 Å². The van der Waals surface area contributed by atoms with Crippen molar-refractivity contribution in [3.05, 3.63) is 58.0 Å². The first-order valence-electron chi connectivity index (χ1n) is 6.25. The number of anilines is 1. The third-order valence-corrected chi connectivity index (χ3v) is 3.08. The lowest BCUT2D eigenvalue weighted by atomic mass is 10.1. The minimum absolute atomic E-state index is 0.0527. The van der Waals surface area contributed by atoms with E-state index in [1.165, 1.54) is 6.07 Å². The smallest absolute Gasteiger partial charge is 0.250 e. The molecule has 100 valence electrons. The lowest BCUT2D eigenvalue weighted by Gasteiger charge is -2.11. The molecule has 0 saturated carbocycles. The fraction of sp³-hybridized carbons (Fsp3) is 0.267. The summed E-state index contributed by atoms with van der Waals surface area (Å²) in [6, 6.07) is 9.07. The Balaban J connectivity index is 2.33. The molecule has 0 fully saturated rings. The molecule has 2 rings (SSSR count). The Hall–Kier alpha value is -2.23. The van der Waals surface area contributed by atoms with Crippen molar-refractivity contribution >= 4 is 5.69 Å². The maximum absolute atomic E-state index is 11.7. The van der Waals surface area contributed by atoms with Crippen molar-refractivity contribution in [2.75, 3.05) is 12.8 Å². The zero-order valence-electron chi connectivity index (χ0n) is 11.2. The summed E-state index contributed by atoms with van der Waals surface area (Å²) in [5, 5.41) is 0. The summed E-state index contributed by atoms with van der Waals surface area (Å²) in [4.78, 5) is 11.7. The summed E-state index contributed by atoms with van der Waals surface area (Å²) in [6.45, 7) is 2.59. The van der Waals surface area contributed by atoms with E-state index in [0.29, 0.717) is 12.2 Å². The van der Waals surface area contributed by atoms with E-state index < -0.39 is 0 Å². The van der Waals surface area contributed by atoms with Crippen molar-refractivity contribution < 1.29 is 4.74 Å². The van der Waals surface area contributed by atoms with Crippen molar-refractivity contribution in [3.63, 3.8) is 0 Å². The Morgan fingerprint density at radius 1 is 1.26 bits per heavy atom. The van der Waals surface area contributed by atoms with Crippen molar-refractivity contribution in [2.45, 2.75) is 19.9 Å². The number of ether oxygens (including phenoxy) is 1. The van der Waals surface area contributed by atoms with Crippen LogP contribution in [0.1, 0.15) is 18.1 Å². The Morgan fingerprint density at radius 2 is 2.05 bits per heavy atom. The number of nitrogens with two attached hydrogens (primary N) is 1. The molecule has 19 heavy (non-hydrogen) atoms. The van der Waals surface area contributed by atoms with Crippen LogP contribution < -0.4 is 16.0 Å². The lowest BCUT2D eigenvalue weighted by molar-refractivity contribution is 0.410. The first kappa shape index (κ1) is 13.2. The Morgan fingerprint density at radius 3 is 2.74 bits per heavy atom. The fourth-order valence-electron chi connectivity index (χ4n) is 2.08. The number of methoxy groups -OCH3 is 1. The number of aromatic nitrogens is 1. The van der Waals surface area contributed by atoms with Gasteiger partial charge in [-0.2, -0.15) is 0 Å². The van der Waals surface area contributed by atoms with Crippen molar-refractivity contribution in [1.29, 1.82) is 0 Å². The molecule has 0 aliphatic carbocycles. The second-order valence-electron chi connectivity index (χ2n) is 4.43. The predicted octanol–water partition coefficient (Wildman–Crippen LogP) is 2.05. The summed E-state index contributed by atoms with van der Waals surface area (Å²) in [5.74, 6) is 0.881. The monoisotopic (exact) mass is 258 g/mol. The van der Waals surface area contributed by atoms with E-state index in [0.717, 1.165) is 23.3 Å². The van der Waals surface area contributed by atoms with E-state index in [4.69, 9.17) is 10.5 Å². The molecule has 0 aliphatic heterocycles. The SMILES string of the molecule is CCc1cc(Cn2cc(N)ccc2=O)ccc1OC. The van der Waals surface area contributed by atoms with Gasteiger partial charge >= 0.3 is 0 Å². The number of benzene rings is 1. The quantitative estimate of drug-likeness (QED) is 0.913. The van der Waals surface area contributed by atoms with Gasteiger partial charge in [-0.25, -0.2) is 0 Å². The zero-order chi connectivity index (χ0) is 13.8. The number of hydrogen-bond donors (Lipinski definition) is 1. The highest BCUT2D eigenvalue weighted by Gasteiger charge is 2.04. The Labute approximate surface area is 112 Å². The van der Waals surface area contributed by atoms with Gasteiger partial charge in [-0.15, -0.1) is 0 Å². The van der Waals surface area contributed by atoms with Crippen LogP contribution >= 0.6 is 0 Å². The van der Waals surface area contributed by atoms with Crippen molar-refractivity contribution in [1.82, 2.24) is 4.57 Å². The Bertz CT molecular complexity index is 632. The zero-order valence-corrected chi connectivity index (χ0v) is 11.2. The van der Waals surface area contributed by atoms with Gasteiger partial charge in [0.2, 0.25) is 0 Å². The average molecular weight is 258 g/mol. The van der Waals surface area contributed by atoms with Crippen LogP contribution in [0, 0.1) is 0 Å². The highest BCUT2D eigenvalue weighted by atomic mass is 16.5. The normalized spacial score (nSPS) is 10.4. The van der Waals surface area contributed by atoms with Gasteiger partial charge in [0.25, 0.3) is 5.56 Å². The molecule has 0 atom stereocenters. The van der Waals surface area contributed by atoms with E-state index in [1.54, 1.807) is 23.9 Å². The van der Waals surface area contributed by atoms with Crippen LogP contribution in [-0.4, -0.2) is 11.7 Å². The molecule has 2 N–H and O–H groups in total. The molecule has 1 aromatic carbocycles. The van der Waals surface area contributed by atoms with E-state index in [9.17, 15) is 4.79 Å². The third kappa shape index (κ3) is 2.96. The molecule has 2 aromatic rings. The molecule has 0 bridgehead atoms. The maximum Gasteiger partial charge on any atom is 0.250 e. The largest absolute Gasteiger partial charge is 0.496 e. The van der Waals surface area contributed by atoms with Crippen LogP contribution in [0.5, 0.6) is 5.75 Å². The Kier molecular flexibility index (Phi) is 3.90. The minimum atomic E-state index is -0.0527. The van der Waals surface area contributed by atoms with Gasteiger partial charge in [0.15, 0.2) is 0 Å². The number of nitrogen functional groups attached to an aromatic ring is 1. The molecule has 0 aliphatic rings. The van der Waals surface area contributed by atoms with Gasteiger partial charge in [-0.05, 0) is 29.7 Å². The number of nitrogens with zero attached hydrogens (tertiary/aromatic N) is 1. The van der Waals surface area contributed by atoms with E-state index in [1.807, 2.05) is 12.1 Å². The standard InChI is InChI=1S/C15H18N2O2/c1-3-12-8-11(4-6-14(12)19-2)9-17-10-13(16)5-7-15(17)18/h4-8,10H,3,9,16H2,1-2H3. The highest BCUT2D eigenvalue weighted by Crippen LogP contribution is 2.20. The molecule has 0 saturated heterocycles. The fourth-order valence-corrected chi connectivity index (χ4v) is 2.08. The highest BCUT2D eigenvalue weighted by molar-refractivity contribution is 5.38. The van der Waals surface area contributed by atoms with Crippen LogP contribution in [0.25, 0.3) is 0 Å². The molecule has 0 radical (unpaired) electrons. The topological polar surface area (TPSA) is 57.2 Å². The summed E-state index contributed by atoms with van der Waals surface area (Å²) in [5.41, 5.74) is 8.43. The van der Waals surface area contributed by atoms with E-state index in [-0.39, 0.29) is 5.56 Å². The number of aryl methyl sites for hydroxylation is 1. The van der Waals surface area contributed by atoms with Crippen molar-refractivity contribution in [2.24, 2.45) is 0 Å². The molecular formula is C15H18N2O2. The molecule has 0 spiro atoms. The molecule has 0 unspecified atom stereocenters. The second-order valence-corrected chi connectivity index (χ2v) is 4.43. The van der Waals surface area contributed by atoms with Crippen LogP contribution in [-0.2, 0) is 13.0 Å². The average Bonchev–Trinajstić information content (AvgIpc) is 2.42. The summed E-state index contributed by atoms with van der Waals surface area (Å²) >= 11 is 0. The first-order valence-corrected chi connectivity index (χ1v) is 6.25. The molecule has 0 amide bonds. The van der Waals surface area contributed by atoms with Crippen molar-refractivity contribution in [3.8, 4) is 5.75 Å². The van der Waals surface area contributed by atoms with E-state index >= 15 is 0 Å². The molecular weight excluding hydrogens is 240 g/mol. The van der Waals surface area contributed by atoms with Gasteiger partial charge in [-0.3, -0.25) is 4.79 Å². The van der Waals surface area contributed by atoms with Gasteiger partial charge in [0.1, 0.15) is 5.75 Å². The summed E-state index contributed by atoms with van der Waals surface area (Å²) in [7, 11) is 1.66. The summed E-state index contributed by atoms with van der Waals surface area (Å²) in [6.07, 6.45) is 2.56. The molecule has 4 heteroatoms. The second kappa shape index (κ2) is 5.61. The number of pyridine rings is 1. The van der Waals surface area contributed by atoms with Crippen LogP contribution in [0.3, 0.4) is 0 Å². The summed E-state index contributed by atoms with van der Waals surface area (Å²) < 4.78 is 6.90. The van der Waals surface area contributed by atoms with Gasteiger partial charge in [-0.1, -0.05) is 19.1 Å². The maximum atomic E-state index is 11.7. The molecule has 1 heterocycles. The van der Waals surface area contributed by atoms with Crippen LogP contribution in [0.4, 0.5) is 5.69 Å². The first-order chi connectivity index (χ1) is 9.13. The number of hydrogen-bond acceptors (Lipinski definition) is 3. The molecule has 4 nitrogen and oxygen atoms in total. The van der Waals surface area contributed by atoms with Gasteiger partial charge in [0.05, 0.1) is 13.7 Å². The van der Waals surface area contributed by atoms with Gasteiger partial charge < -0.3 is 15.0 Å². The third-order valence-electron chi connectivity index (χ3n) is 3.08. The minimum Gasteiger partial charge on any atom is -0.496 e. The predicted molar refractivity (Wildman–Crippen MR) is 76.6 cm³/mol. The molecule has 1 aromatic heterocycles. The number of rotatable bonds is 4.